The molecule has 1 aliphatic heterocycles. The lowest BCUT2D eigenvalue weighted by atomic mass is 10.1. The smallest absolute Gasteiger partial charge is 0.241 e. The second-order valence-corrected chi connectivity index (χ2v) is 6.96. The minimum atomic E-state index is -0.240. The van der Waals surface area contributed by atoms with E-state index in [0.29, 0.717) is 11.8 Å². The van der Waals surface area contributed by atoms with E-state index in [-0.39, 0.29) is 11.9 Å². The van der Waals surface area contributed by atoms with E-state index >= 15 is 0 Å². The van der Waals surface area contributed by atoms with Crippen LogP contribution in [0.15, 0.2) is 48.8 Å². The van der Waals surface area contributed by atoms with Crippen molar-refractivity contribution in [1.29, 1.82) is 0 Å². The van der Waals surface area contributed by atoms with E-state index in [0.717, 1.165) is 42.8 Å². The minimum Gasteiger partial charge on any atom is -0.481 e. The highest BCUT2D eigenvalue weighted by Gasteiger charge is 2.27. The van der Waals surface area contributed by atoms with Gasteiger partial charge in [0.25, 0.3) is 0 Å². The maximum absolute atomic E-state index is 12.9. The summed E-state index contributed by atoms with van der Waals surface area (Å²) in [4.78, 5) is 30.2. The number of pyridine rings is 1. The Balaban J connectivity index is 1.39. The Labute approximate surface area is 169 Å². The molecular weight excluding hydrogens is 368 g/mol. The van der Waals surface area contributed by atoms with Crippen LogP contribution in [-0.2, 0) is 4.79 Å². The van der Waals surface area contributed by atoms with E-state index in [4.69, 9.17) is 4.74 Å². The van der Waals surface area contributed by atoms with Gasteiger partial charge in [0.1, 0.15) is 0 Å². The van der Waals surface area contributed by atoms with E-state index in [2.05, 4.69) is 30.1 Å². The number of carbonyl (C=O) groups excluding carboxylic acids is 1. The molecule has 1 N–H and O–H groups in total. The van der Waals surface area contributed by atoms with Gasteiger partial charge in [-0.25, -0.2) is 4.98 Å². The van der Waals surface area contributed by atoms with Gasteiger partial charge in [-0.3, -0.25) is 14.7 Å². The first-order chi connectivity index (χ1) is 14.2. The summed E-state index contributed by atoms with van der Waals surface area (Å²) in [5.41, 5.74) is 1.65. The van der Waals surface area contributed by atoms with Gasteiger partial charge in [-0.1, -0.05) is 6.07 Å². The molecule has 3 heterocycles. The van der Waals surface area contributed by atoms with Gasteiger partial charge in [-0.15, -0.1) is 0 Å². The van der Waals surface area contributed by atoms with Gasteiger partial charge >= 0.3 is 0 Å². The number of benzene rings is 1. The molecule has 0 saturated carbocycles. The topological polar surface area (TPSA) is 83.5 Å². The Morgan fingerprint density at radius 2 is 1.90 bits per heavy atom. The molecule has 3 aromatic rings. The monoisotopic (exact) mass is 392 g/mol. The lowest BCUT2D eigenvalue weighted by Gasteiger charge is -2.37. The number of rotatable bonds is 5. The summed E-state index contributed by atoms with van der Waals surface area (Å²) >= 11 is 0. The van der Waals surface area contributed by atoms with Crippen LogP contribution in [0.1, 0.15) is 6.92 Å². The van der Waals surface area contributed by atoms with Crippen molar-refractivity contribution in [3.05, 3.63) is 48.8 Å². The molecule has 1 atom stereocenters. The van der Waals surface area contributed by atoms with Crippen molar-refractivity contribution in [2.75, 3.05) is 43.5 Å². The number of methoxy groups -OCH3 is 1. The number of piperazine rings is 1. The third-order valence-corrected chi connectivity index (χ3v) is 5.25. The Bertz CT molecular complexity index is 998. The van der Waals surface area contributed by atoms with Crippen molar-refractivity contribution in [2.45, 2.75) is 13.0 Å². The van der Waals surface area contributed by atoms with Crippen LogP contribution in [0.3, 0.4) is 0 Å². The largest absolute Gasteiger partial charge is 0.481 e. The molecule has 0 aliphatic carbocycles. The molecule has 4 rings (SSSR count). The normalized spacial score (nSPS) is 15.9. The van der Waals surface area contributed by atoms with Crippen LogP contribution >= 0.6 is 0 Å². The fourth-order valence-electron chi connectivity index (χ4n) is 3.52. The van der Waals surface area contributed by atoms with E-state index < -0.39 is 0 Å². The van der Waals surface area contributed by atoms with Crippen LogP contribution in [0, 0.1) is 0 Å². The summed E-state index contributed by atoms with van der Waals surface area (Å²) < 4.78 is 5.18. The molecule has 8 nitrogen and oxygen atoms in total. The number of carbonyl (C=O) groups is 1. The first-order valence-corrected chi connectivity index (χ1v) is 9.66. The summed E-state index contributed by atoms with van der Waals surface area (Å²) in [7, 11) is 1.59. The molecule has 1 aromatic carbocycles. The standard InChI is InChI=1S/C21H24N6O2/c1-15(20(28)24-18-7-3-6-17-16(18)5-4-9-22-17)26-11-13-27(14-12-26)21-23-10-8-19(25-21)29-2/h3-10,15H,11-14H2,1-2H3,(H,24,28). The summed E-state index contributed by atoms with van der Waals surface area (Å²) in [6.07, 6.45) is 3.45. The van der Waals surface area contributed by atoms with Gasteiger partial charge in [0.2, 0.25) is 17.7 Å². The van der Waals surface area contributed by atoms with Gasteiger partial charge < -0.3 is 15.0 Å². The molecule has 150 valence electrons. The number of amides is 1. The van der Waals surface area contributed by atoms with E-state index in [1.54, 1.807) is 25.6 Å². The zero-order valence-corrected chi connectivity index (χ0v) is 16.6. The molecule has 0 bridgehead atoms. The molecule has 1 amide bonds. The number of ether oxygens (including phenoxy) is 1. The molecule has 1 aliphatic rings. The SMILES string of the molecule is COc1ccnc(N2CCN(C(C)C(=O)Nc3cccc4ncccc34)CC2)n1. The van der Waals surface area contributed by atoms with Crippen molar-refractivity contribution in [3.8, 4) is 5.88 Å². The Kier molecular flexibility index (Phi) is 5.53. The highest BCUT2D eigenvalue weighted by Crippen LogP contribution is 2.22. The average molecular weight is 392 g/mol. The molecule has 1 fully saturated rings. The molecular formula is C21H24N6O2. The maximum atomic E-state index is 12.9. The highest BCUT2D eigenvalue weighted by atomic mass is 16.5. The Morgan fingerprint density at radius 1 is 1.07 bits per heavy atom. The molecule has 8 heteroatoms. The number of fused-ring (bicyclic) bond motifs is 1. The highest BCUT2D eigenvalue weighted by molar-refractivity contribution is 6.02. The average Bonchev–Trinajstić information content (AvgIpc) is 2.79. The molecule has 1 unspecified atom stereocenters. The van der Waals surface area contributed by atoms with Crippen LogP contribution < -0.4 is 15.0 Å². The predicted octanol–water partition coefficient (Wildman–Crippen LogP) is 2.18. The Morgan fingerprint density at radius 3 is 2.69 bits per heavy atom. The second kappa shape index (κ2) is 8.40. The fraction of sp³-hybridized carbons (Fsp3) is 0.333. The van der Waals surface area contributed by atoms with Crippen molar-refractivity contribution in [2.24, 2.45) is 0 Å². The number of nitrogens with zero attached hydrogens (tertiary/aromatic N) is 5. The number of hydrogen-bond acceptors (Lipinski definition) is 7. The van der Waals surface area contributed by atoms with Gasteiger partial charge in [-0.2, -0.15) is 4.98 Å². The number of aromatic nitrogens is 3. The van der Waals surface area contributed by atoms with Crippen LogP contribution in [0.2, 0.25) is 0 Å². The summed E-state index contributed by atoms with van der Waals surface area (Å²) in [5, 5.41) is 4.00. The van der Waals surface area contributed by atoms with Gasteiger partial charge in [-0.05, 0) is 31.2 Å². The first-order valence-electron chi connectivity index (χ1n) is 9.66. The number of anilines is 2. The fourth-order valence-corrected chi connectivity index (χ4v) is 3.52. The number of nitrogens with one attached hydrogen (secondary N) is 1. The van der Waals surface area contributed by atoms with Crippen LogP contribution in [0.4, 0.5) is 11.6 Å². The number of hydrogen-bond donors (Lipinski definition) is 1. The minimum absolute atomic E-state index is 0.0209. The van der Waals surface area contributed by atoms with E-state index in [1.165, 1.54) is 0 Å². The van der Waals surface area contributed by atoms with Gasteiger partial charge in [0.15, 0.2) is 0 Å². The van der Waals surface area contributed by atoms with Crippen LogP contribution in [0.5, 0.6) is 5.88 Å². The zero-order chi connectivity index (χ0) is 20.2. The van der Waals surface area contributed by atoms with Crippen molar-refractivity contribution in [3.63, 3.8) is 0 Å². The molecule has 2 aromatic heterocycles. The third kappa shape index (κ3) is 4.12. The zero-order valence-electron chi connectivity index (χ0n) is 16.6. The van der Waals surface area contributed by atoms with Gasteiger partial charge in [0, 0.05) is 50.0 Å². The maximum Gasteiger partial charge on any atom is 0.241 e. The second-order valence-electron chi connectivity index (χ2n) is 6.96. The first kappa shape index (κ1) is 19.1. The lowest BCUT2D eigenvalue weighted by Crippen LogP contribution is -2.53. The Hall–Kier alpha value is -3.26. The van der Waals surface area contributed by atoms with Crippen molar-refractivity contribution >= 4 is 28.4 Å². The van der Waals surface area contributed by atoms with Gasteiger partial charge in [0.05, 0.1) is 24.4 Å². The van der Waals surface area contributed by atoms with Crippen molar-refractivity contribution < 1.29 is 9.53 Å². The van der Waals surface area contributed by atoms with Crippen molar-refractivity contribution in [1.82, 2.24) is 19.9 Å². The quantitative estimate of drug-likeness (QED) is 0.712. The molecule has 29 heavy (non-hydrogen) atoms. The third-order valence-electron chi connectivity index (χ3n) is 5.25. The van der Waals surface area contributed by atoms with E-state index in [9.17, 15) is 4.79 Å². The van der Waals surface area contributed by atoms with E-state index in [1.807, 2.05) is 37.3 Å². The van der Waals surface area contributed by atoms with Crippen LogP contribution in [0.25, 0.3) is 10.9 Å². The molecule has 0 spiro atoms. The molecule has 1 saturated heterocycles. The summed E-state index contributed by atoms with van der Waals surface area (Å²) in [6, 6.07) is 11.1. The van der Waals surface area contributed by atoms with Crippen LogP contribution in [-0.4, -0.2) is 65.1 Å². The predicted molar refractivity (Wildman–Crippen MR) is 112 cm³/mol. The lowest BCUT2D eigenvalue weighted by molar-refractivity contribution is -0.120. The summed E-state index contributed by atoms with van der Waals surface area (Å²) in [5.74, 6) is 1.19. The summed E-state index contributed by atoms with van der Waals surface area (Å²) in [6.45, 7) is 4.96. The molecule has 0 radical (unpaired) electrons.